The highest BCUT2D eigenvalue weighted by atomic mass is 33.1. The maximum atomic E-state index is 14.3. The molecule has 0 saturated carbocycles. The maximum Gasteiger partial charge on any atom is 0.254 e. The van der Waals surface area contributed by atoms with Gasteiger partial charge in [0, 0.05) is 107 Å². The third-order valence-corrected chi connectivity index (χ3v) is 12.7. The zero-order chi connectivity index (χ0) is 39.2. The summed E-state index contributed by atoms with van der Waals surface area (Å²) in [5, 5.41) is 2.90. The van der Waals surface area contributed by atoms with E-state index in [1.54, 1.807) is 26.5 Å². The van der Waals surface area contributed by atoms with Crippen molar-refractivity contribution in [2.75, 3.05) is 55.2 Å². The number of carbonyl (C=O) groups is 3. The van der Waals surface area contributed by atoms with Gasteiger partial charge in [0.25, 0.3) is 5.91 Å². The van der Waals surface area contributed by atoms with Crippen molar-refractivity contribution in [1.29, 1.82) is 0 Å². The summed E-state index contributed by atoms with van der Waals surface area (Å²) in [6, 6.07) is 29.5. The van der Waals surface area contributed by atoms with Crippen molar-refractivity contribution in [3.8, 4) is 5.75 Å². The molecule has 3 amide bonds. The van der Waals surface area contributed by atoms with Crippen LogP contribution in [0.4, 0.5) is 17.1 Å². The third-order valence-electron chi connectivity index (χ3n) is 10.3. The number of amides is 3. The van der Waals surface area contributed by atoms with E-state index in [-0.39, 0.29) is 36.5 Å². The molecule has 56 heavy (non-hydrogen) atoms. The highest BCUT2D eigenvalue weighted by molar-refractivity contribution is 8.76. The van der Waals surface area contributed by atoms with Crippen LogP contribution in [0.1, 0.15) is 55.1 Å². The molecule has 1 aliphatic carbocycles. The number of hydrogen-bond acceptors (Lipinski definition) is 8. The van der Waals surface area contributed by atoms with Crippen LogP contribution in [0.5, 0.6) is 5.75 Å². The molecule has 9 nitrogen and oxygen atoms in total. The SMILES string of the molecule is CCN(CC)c1ccc2c(c1)OC1=CC(C)C=CC1=C2c1ccccc1C(=O)N1CCN(C(=O)CCC(=O)Nc2ccc(SSc3ccc(N)cc3)cc2)CC1. The molecule has 1 unspecified atom stereocenters. The second kappa shape index (κ2) is 17.6. The summed E-state index contributed by atoms with van der Waals surface area (Å²) in [5.41, 5.74) is 12.7. The van der Waals surface area contributed by atoms with Gasteiger partial charge in [-0.3, -0.25) is 14.4 Å². The molecule has 0 aromatic heterocycles. The minimum absolute atomic E-state index is 0.0695. The summed E-state index contributed by atoms with van der Waals surface area (Å²) in [6.45, 7) is 9.84. The number of fused-ring (bicyclic) bond motifs is 2. The predicted octanol–water partition coefficient (Wildman–Crippen LogP) is 8.90. The van der Waals surface area contributed by atoms with E-state index in [9.17, 15) is 14.4 Å². The third kappa shape index (κ3) is 8.85. The zero-order valence-corrected chi connectivity index (χ0v) is 33.6. The Morgan fingerprint density at radius 2 is 1.48 bits per heavy atom. The summed E-state index contributed by atoms with van der Waals surface area (Å²) >= 11 is 0. The van der Waals surface area contributed by atoms with Gasteiger partial charge >= 0.3 is 0 Å². The molecule has 2 aliphatic heterocycles. The molecular formula is C45H47N5O4S2. The van der Waals surface area contributed by atoms with Gasteiger partial charge in [-0.25, -0.2) is 0 Å². The lowest BCUT2D eigenvalue weighted by molar-refractivity contribution is -0.134. The van der Waals surface area contributed by atoms with Crippen LogP contribution in [0.15, 0.2) is 130 Å². The summed E-state index contributed by atoms with van der Waals surface area (Å²) in [5.74, 6) is 1.44. The second-order valence-electron chi connectivity index (χ2n) is 14.0. The van der Waals surface area contributed by atoms with Crippen LogP contribution < -0.4 is 20.7 Å². The van der Waals surface area contributed by atoms with Gasteiger partial charge in [0.15, 0.2) is 0 Å². The Hall–Kier alpha value is -5.39. The Morgan fingerprint density at radius 3 is 2.18 bits per heavy atom. The molecule has 2 heterocycles. The molecule has 4 aromatic rings. The van der Waals surface area contributed by atoms with Crippen LogP contribution in [0, 0.1) is 5.92 Å². The van der Waals surface area contributed by atoms with Crippen LogP contribution >= 0.6 is 21.6 Å². The lowest BCUT2D eigenvalue weighted by Gasteiger charge is -2.35. The number of rotatable bonds is 12. The summed E-state index contributed by atoms with van der Waals surface area (Å²) in [4.78, 5) is 48.3. The van der Waals surface area contributed by atoms with Crippen molar-refractivity contribution < 1.29 is 19.1 Å². The number of nitrogens with one attached hydrogen (secondary N) is 1. The summed E-state index contributed by atoms with van der Waals surface area (Å²) in [6.07, 6.45) is 6.59. The van der Waals surface area contributed by atoms with E-state index in [1.165, 1.54) is 0 Å². The molecule has 1 fully saturated rings. The number of hydrogen-bond donors (Lipinski definition) is 2. The molecule has 4 aromatic carbocycles. The molecule has 0 radical (unpaired) electrons. The number of nitrogen functional groups attached to an aromatic ring is 1. The summed E-state index contributed by atoms with van der Waals surface area (Å²) in [7, 11) is 3.26. The van der Waals surface area contributed by atoms with Gasteiger partial charge < -0.3 is 30.5 Å². The predicted molar refractivity (Wildman–Crippen MR) is 229 cm³/mol. The minimum atomic E-state index is -0.213. The standard InChI is InChI=1S/C45H47N5O4S2/c1-4-48(5-2)33-15-21-39-41(29-33)54-40-28-30(3)10-20-38(40)44(39)36-8-6-7-9-37(36)45(53)50-26-24-49(25-27-50)43(52)23-22-42(51)47-32-13-18-35(19-14-32)56-55-34-16-11-31(46)12-17-34/h6-21,28-30H,4-5,22-27,46H2,1-3H3,(H,47,51). The fraction of sp³-hybridized carbons (Fsp3) is 0.267. The zero-order valence-electron chi connectivity index (χ0n) is 32.0. The van der Waals surface area contributed by atoms with Crippen molar-refractivity contribution in [3.05, 3.63) is 137 Å². The number of nitrogens with two attached hydrogens (primary N) is 1. The van der Waals surface area contributed by atoms with E-state index in [0.29, 0.717) is 37.4 Å². The molecule has 1 atom stereocenters. The van der Waals surface area contributed by atoms with Crippen LogP contribution in [-0.2, 0) is 9.59 Å². The van der Waals surface area contributed by atoms with Crippen LogP contribution in [0.2, 0.25) is 0 Å². The largest absolute Gasteiger partial charge is 0.456 e. The normalized spacial score (nSPS) is 16.1. The highest BCUT2D eigenvalue weighted by Crippen LogP contribution is 2.46. The fourth-order valence-electron chi connectivity index (χ4n) is 7.18. The Morgan fingerprint density at radius 1 is 0.821 bits per heavy atom. The lowest BCUT2D eigenvalue weighted by atomic mass is 9.84. The van der Waals surface area contributed by atoms with E-state index < -0.39 is 0 Å². The Balaban J connectivity index is 0.962. The van der Waals surface area contributed by atoms with Gasteiger partial charge in [0.2, 0.25) is 11.8 Å². The average Bonchev–Trinajstić information content (AvgIpc) is 3.22. The van der Waals surface area contributed by atoms with E-state index in [2.05, 4.69) is 67.4 Å². The molecule has 0 bridgehead atoms. The van der Waals surface area contributed by atoms with E-state index in [4.69, 9.17) is 10.5 Å². The number of ether oxygens (including phenoxy) is 1. The van der Waals surface area contributed by atoms with Crippen LogP contribution in [0.25, 0.3) is 5.57 Å². The monoisotopic (exact) mass is 785 g/mol. The lowest BCUT2D eigenvalue weighted by Crippen LogP contribution is -2.50. The molecular weight excluding hydrogens is 739 g/mol. The van der Waals surface area contributed by atoms with Gasteiger partial charge in [-0.2, -0.15) is 0 Å². The van der Waals surface area contributed by atoms with Gasteiger partial charge in [0.1, 0.15) is 11.5 Å². The molecule has 1 saturated heterocycles. The first kappa shape index (κ1) is 38.9. The Labute approximate surface area is 337 Å². The number of carbonyl (C=O) groups excluding carboxylic acids is 3. The van der Waals surface area contributed by atoms with Crippen molar-refractivity contribution in [1.82, 2.24) is 9.80 Å². The second-order valence-corrected chi connectivity index (χ2v) is 16.3. The van der Waals surface area contributed by atoms with Gasteiger partial charge in [-0.1, -0.05) is 58.9 Å². The van der Waals surface area contributed by atoms with Gasteiger partial charge in [-0.05, 0) is 98.1 Å². The van der Waals surface area contributed by atoms with Crippen LogP contribution in [0.3, 0.4) is 0 Å². The first-order chi connectivity index (χ1) is 27.2. The number of nitrogens with zero attached hydrogens (tertiary/aromatic N) is 3. The molecule has 3 aliphatic rings. The van der Waals surface area contributed by atoms with E-state index in [0.717, 1.165) is 68.0 Å². The fourth-order valence-corrected chi connectivity index (χ4v) is 9.11. The van der Waals surface area contributed by atoms with Crippen molar-refractivity contribution in [3.63, 3.8) is 0 Å². The molecule has 7 rings (SSSR count). The van der Waals surface area contributed by atoms with E-state index in [1.807, 2.05) is 77.7 Å². The highest BCUT2D eigenvalue weighted by Gasteiger charge is 2.31. The van der Waals surface area contributed by atoms with Gasteiger partial charge in [-0.15, -0.1) is 0 Å². The molecule has 3 N–H and O–H groups in total. The number of allylic oxidation sites excluding steroid dienone is 3. The average molecular weight is 786 g/mol. The first-order valence-corrected chi connectivity index (χ1v) is 21.3. The maximum absolute atomic E-state index is 14.3. The van der Waals surface area contributed by atoms with Crippen molar-refractivity contribution in [2.24, 2.45) is 5.92 Å². The topological polar surface area (TPSA) is 108 Å². The van der Waals surface area contributed by atoms with Gasteiger partial charge in [0.05, 0.1) is 0 Å². The van der Waals surface area contributed by atoms with Crippen molar-refractivity contribution in [2.45, 2.75) is 43.4 Å². The smallest absolute Gasteiger partial charge is 0.254 e. The number of benzene rings is 4. The minimum Gasteiger partial charge on any atom is -0.456 e. The molecule has 0 spiro atoms. The number of anilines is 3. The van der Waals surface area contributed by atoms with E-state index >= 15 is 0 Å². The Kier molecular flexibility index (Phi) is 12.2. The van der Waals surface area contributed by atoms with Crippen molar-refractivity contribution >= 4 is 61.9 Å². The molecule has 11 heteroatoms. The Bertz CT molecular complexity index is 2190. The molecule has 288 valence electrons. The number of piperazine rings is 1. The first-order valence-electron chi connectivity index (χ1n) is 19.2. The summed E-state index contributed by atoms with van der Waals surface area (Å²) < 4.78 is 6.54. The quantitative estimate of drug-likeness (QED) is 0.108. The van der Waals surface area contributed by atoms with Crippen LogP contribution in [-0.4, -0.2) is 66.8 Å².